The molecule has 1 aromatic heterocycles. The van der Waals surface area contributed by atoms with Crippen LogP contribution < -0.4 is 4.90 Å². The summed E-state index contributed by atoms with van der Waals surface area (Å²) < 4.78 is 5.52. The molecule has 0 radical (unpaired) electrons. The largest absolute Gasteiger partial charge is 0.460 e. The van der Waals surface area contributed by atoms with Crippen molar-refractivity contribution in [3.05, 3.63) is 50.9 Å². The van der Waals surface area contributed by atoms with Gasteiger partial charge in [0, 0.05) is 27.4 Å². The maximum Gasteiger partial charge on any atom is 0.308 e. The predicted molar refractivity (Wildman–Crippen MR) is 133 cm³/mol. The van der Waals surface area contributed by atoms with Crippen LogP contribution in [0.3, 0.4) is 0 Å². The average Bonchev–Trinajstić information content (AvgIpc) is 2.92. The highest BCUT2D eigenvalue weighted by molar-refractivity contribution is 7.17. The van der Waals surface area contributed by atoms with Crippen molar-refractivity contribution in [3.63, 3.8) is 0 Å². The second-order valence-electron chi connectivity index (χ2n) is 8.78. The molecule has 170 valence electrons. The van der Waals surface area contributed by atoms with E-state index >= 15 is 0 Å². The Labute approximate surface area is 198 Å². The molecular weight excluding hydrogens is 444 g/mol. The lowest BCUT2D eigenvalue weighted by Gasteiger charge is -2.26. The molecule has 1 atom stereocenters. The van der Waals surface area contributed by atoms with Gasteiger partial charge in [-0.15, -0.1) is 11.3 Å². The molecule has 6 nitrogen and oxygen atoms in total. The summed E-state index contributed by atoms with van der Waals surface area (Å²) >= 11 is 7.65. The number of nitrogens with one attached hydrogen (secondary N) is 2. The molecule has 0 saturated carbocycles. The normalized spacial score (nSPS) is 16.3. The fraction of sp³-hybridized carbons (Fsp3) is 0.417. The minimum absolute atomic E-state index is 0.0757. The molecule has 32 heavy (non-hydrogen) atoms. The van der Waals surface area contributed by atoms with Gasteiger partial charge in [-0.1, -0.05) is 30.7 Å². The molecule has 2 heterocycles. The number of fused-ring (bicyclic) bond motifs is 1. The van der Waals surface area contributed by atoms with Gasteiger partial charge in [-0.05, 0) is 52.3 Å². The first-order valence-corrected chi connectivity index (χ1v) is 11.7. The van der Waals surface area contributed by atoms with E-state index in [0.29, 0.717) is 23.0 Å². The van der Waals surface area contributed by atoms with Crippen LogP contribution in [0.15, 0.2) is 29.3 Å². The third-order valence-corrected chi connectivity index (χ3v) is 6.59. The van der Waals surface area contributed by atoms with E-state index in [0.717, 1.165) is 26.6 Å². The topological polar surface area (TPSA) is 89.6 Å². The van der Waals surface area contributed by atoms with Crippen molar-refractivity contribution in [3.8, 4) is 0 Å². The molecule has 2 aromatic rings. The van der Waals surface area contributed by atoms with Crippen LogP contribution >= 0.6 is 22.9 Å². The molecule has 1 aliphatic rings. The van der Waals surface area contributed by atoms with Crippen LogP contribution in [0.1, 0.15) is 62.1 Å². The van der Waals surface area contributed by atoms with E-state index in [4.69, 9.17) is 32.1 Å². The van der Waals surface area contributed by atoms with Crippen molar-refractivity contribution < 1.29 is 9.53 Å². The Morgan fingerprint density at radius 2 is 1.88 bits per heavy atom. The number of benzene rings is 1. The number of hydrogen-bond acceptors (Lipinski definition) is 6. The first kappa shape index (κ1) is 24.1. The number of halogens is 1. The van der Waals surface area contributed by atoms with Crippen molar-refractivity contribution in [2.24, 2.45) is 4.99 Å². The van der Waals surface area contributed by atoms with E-state index in [9.17, 15) is 4.79 Å². The van der Waals surface area contributed by atoms with E-state index in [1.807, 2.05) is 53.7 Å². The van der Waals surface area contributed by atoms with Crippen LogP contribution in [0.5, 0.6) is 0 Å². The molecule has 0 fully saturated rings. The van der Waals surface area contributed by atoms with Gasteiger partial charge in [-0.2, -0.15) is 0 Å². The average molecular weight is 473 g/mol. The Kier molecular flexibility index (Phi) is 6.91. The summed E-state index contributed by atoms with van der Waals surface area (Å²) in [6.45, 7) is 11.4. The summed E-state index contributed by atoms with van der Waals surface area (Å²) in [6, 6.07) is 6.62. The minimum Gasteiger partial charge on any atom is -0.460 e. The number of hydrogen-bond donors (Lipinski definition) is 2. The molecule has 0 unspecified atom stereocenters. The highest BCUT2D eigenvalue weighted by Crippen LogP contribution is 2.40. The number of aliphatic imine (C=N–C) groups is 1. The summed E-state index contributed by atoms with van der Waals surface area (Å²) in [5.74, 6) is -0.0268. The fourth-order valence-electron chi connectivity index (χ4n) is 3.52. The zero-order valence-electron chi connectivity index (χ0n) is 19.3. The molecule has 0 bridgehead atoms. The van der Waals surface area contributed by atoms with Gasteiger partial charge in [-0.25, -0.2) is 0 Å². The number of carbonyl (C=O) groups is 1. The van der Waals surface area contributed by atoms with Crippen LogP contribution in [0.25, 0.3) is 0 Å². The third-order valence-electron chi connectivity index (χ3n) is 5.15. The highest BCUT2D eigenvalue weighted by Gasteiger charge is 2.36. The van der Waals surface area contributed by atoms with Crippen molar-refractivity contribution in [1.82, 2.24) is 0 Å². The third kappa shape index (κ3) is 4.94. The van der Waals surface area contributed by atoms with E-state index < -0.39 is 17.6 Å². The zero-order chi connectivity index (χ0) is 23.8. The number of nitrogens with zero attached hydrogens (tertiary/aromatic N) is 2. The molecule has 0 aliphatic carbocycles. The summed E-state index contributed by atoms with van der Waals surface area (Å²) in [5, 5.41) is 19.0. The van der Waals surface area contributed by atoms with Gasteiger partial charge < -0.3 is 4.74 Å². The van der Waals surface area contributed by atoms with Gasteiger partial charge >= 0.3 is 5.97 Å². The summed E-state index contributed by atoms with van der Waals surface area (Å²) in [6.07, 6.45) is 0.376. The van der Waals surface area contributed by atoms with Crippen molar-refractivity contribution in [2.45, 2.75) is 66.0 Å². The second-order valence-corrected chi connectivity index (χ2v) is 10.4. The number of rotatable bonds is 4. The van der Waals surface area contributed by atoms with Crippen LogP contribution in [0.4, 0.5) is 5.00 Å². The molecular formula is C24H29ClN4O2S. The van der Waals surface area contributed by atoms with Crippen LogP contribution in [-0.2, 0) is 9.53 Å². The molecule has 1 aromatic carbocycles. The van der Waals surface area contributed by atoms with E-state index in [1.54, 1.807) is 17.0 Å². The summed E-state index contributed by atoms with van der Waals surface area (Å²) in [5.41, 5.74) is 2.86. The first-order valence-electron chi connectivity index (χ1n) is 10.5. The number of anilines is 1. The lowest BCUT2D eigenvalue weighted by Crippen LogP contribution is -2.42. The smallest absolute Gasteiger partial charge is 0.308 e. The summed E-state index contributed by atoms with van der Waals surface area (Å²) in [7, 11) is 0. The number of aryl methyl sites for hydroxylation is 1. The monoisotopic (exact) mass is 472 g/mol. The standard InChI is InChI=1S/C24H29ClN4O2S/c1-7-18(26)29-22(27)17(12-19(30)31-24(4,5)6)28-21(15-8-10-16(25)11-9-15)20-13(2)14(3)32-23(20)29/h8-11,17,26-27H,7,12H2,1-6H3/t17-/m0/s1. The fourth-order valence-corrected chi connectivity index (χ4v) is 4.84. The Balaban J connectivity index is 2.20. The number of amidine groups is 2. The maximum absolute atomic E-state index is 12.7. The molecule has 1 aliphatic heterocycles. The molecule has 0 amide bonds. The second kappa shape index (κ2) is 9.16. The van der Waals surface area contributed by atoms with Gasteiger partial charge in [0.15, 0.2) is 0 Å². The van der Waals surface area contributed by atoms with Gasteiger partial charge in [0.05, 0.1) is 12.1 Å². The van der Waals surface area contributed by atoms with E-state index in [1.165, 1.54) is 11.3 Å². The van der Waals surface area contributed by atoms with Gasteiger partial charge in [-0.3, -0.25) is 25.5 Å². The summed E-state index contributed by atoms with van der Waals surface area (Å²) in [4.78, 5) is 20.3. The lowest BCUT2D eigenvalue weighted by atomic mass is 9.99. The number of carbonyl (C=O) groups excluding carboxylic acids is 1. The Bertz CT molecular complexity index is 1100. The Hall–Kier alpha value is -2.51. The van der Waals surface area contributed by atoms with Crippen molar-refractivity contribution >= 4 is 51.3 Å². The van der Waals surface area contributed by atoms with E-state index in [-0.39, 0.29) is 12.3 Å². The quantitative estimate of drug-likeness (QED) is 0.318. The van der Waals surface area contributed by atoms with Gasteiger partial charge in [0.25, 0.3) is 0 Å². The first-order chi connectivity index (χ1) is 14.9. The number of ether oxygens (including phenoxy) is 1. The molecule has 8 heteroatoms. The molecule has 0 spiro atoms. The SMILES string of the molecule is CCC(=N)N1C(=N)[C@H](CC(=O)OC(C)(C)C)N=C(c2ccc(Cl)cc2)c2c1sc(C)c2C. The minimum atomic E-state index is -0.776. The van der Waals surface area contributed by atoms with Crippen molar-refractivity contribution in [1.29, 1.82) is 10.8 Å². The Morgan fingerprint density at radius 1 is 1.25 bits per heavy atom. The zero-order valence-corrected chi connectivity index (χ0v) is 20.9. The Morgan fingerprint density at radius 3 is 2.44 bits per heavy atom. The maximum atomic E-state index is 12.7. The number of esters is 1. The predicted octanol–water partition coefficient (Wildman–Crippen LogP) is 6.14. The highest BCUT2D eigenvalue weighted by atomic mass is 35.5. The van der Waals surface area contributed by atoms with Crippen molar-refractivity contribution in [2.75, 3.05) is 4.90 Å². The molecule has 3 rings (SSSR count). The lowest BCUT2D eigenvalue weighted by molar-refractivity contribution is -0.154. The van der Waals surface area contributed by atoms with Crippen LogP contribution in [0, 0.1) is 24.7 Å². The van der Waals surface area contributed by atoms with Crippen LogP contribution in [0.2, 0.25) is 5.02 Å². The van der Waals surface area contributed by atoms with Gasteiger partial charge in [0.1, 0.15) is 28.3 Å². The number of thiophene rings is 1. The van der Waals surface area contributed by atoms with E-state index in [2.05, 4.69) is 0 Å². The molecule has 2 N–H and O–H groups in total. The molecule has 0 saturated heterocycles. The van der Waals surface area contributed by atoms with Gasteiger partial charge in [0.2, 0.25) is 0 Å². The van der Waals surface area contributed by atoms with Crippen LogP contribution in [-0.4, -0.2) is 35.0 Å².